The minimum atomic E-state index is -0.271. The quantitative estimate of drug-likeness (QED) is 0.916. The molecule has 98 valence electrons. The van der Waals surface area contributed by atoms with Crippen LogP contribution in [-0.2, 0) is 0 Å². The van der Waals surface area contributed by atoms with Crippen LogP contribution in [0, 0.1) is 13.8 Å². The molecule has 1 amide bonds. The molecule has 19 heavy (non-hydrogen) atoms. The van der Waals surface area contributed by atoms with E-state index in [1.54, 1.807) is 19.2 Å². The number of nitrogens with one attached hydrogen (secondary N) is 1. The van der Waals surface area contributed by atoms with Gasteiger partial charge < -0.3 is 10.1 Å². The van der Waals surface area contributed by atoms with Gasteiger partial charge >= 0.3 is 0 Å². The molecule has 0 atom stereocenters. The summed E-state index contributed by atoms with van der Waals surface area (Å²) in [5.74, 6) is 0.340. The highest BCUT2D eigenvalue weighted by atomic mass is 16.5. The van der Waals surface area contributed by atoms with E-state index in [1.807, 2.05) is 26.0 Å². The van der Waals surface area contributed by atoms with E-state index in [2.05, 4.69) is 15.3 Å². The van der Waals surface area contributed by atoms with Gasteiger partial charge in [0.15, 0.2) is 0 Å². The smallest absolute Gasteiger partial charge is 0.274 e. The Labute approximate surface area is 111 Å². The second-order valence-electron chi connectivity index (χ2n) is 4.09. The van der Waals surface area contributed by atoms with Crippen molar-refractivity contribution >= 4 is 11.6 Å². The van der Waals surface area contributed by atoms with Crippen molar-refractivity contribution in [2.75, 3.05) is 12.4 Å². The standard InChI is InChI=1S/C14H15N3O2/c1-9-10(2)15-8-16-13(9)14(18)17-11-6-4-5-7-12(11)19-3/h4-8H,1-3H3,(H,17,18). The van der Waals surface area contributed by atoms with Gasteiger partial charge in [0.1, 0.15) is 17.8 Å². The molecule has 1 aromatic carbocycles. The molecule has 0 aliphatic carbocycles. The Balaban J connectivity index is 2.28. The van der Waals surface area contributed by atoms with Crippen LogP contribution in [0.1, 0.15) is 21.7 Å². The molecule has 0 saturated heterocycles. The molecule has 0 spiro atoms. The van der Waals surface area contributed by atoms with Crippen LogP contribution < -0.4 is 10.1 Å². The summed E-state index contributed by atoms with van der Waals surface area (Å²) in [6.07, 6.45) is 1.39. The molecule has 0 aliphatic rings. The fourth-order valence-corrected chi connectivity index (χ4v) is 1.70. The van der Waals surface area contributed by atoms with E-state index in [-0.39, 0.29) is 5.91 Å². The first-order valence-electron chi connectivity index (χ1n) is 5.86. The van der Waals surface area contributed by atoms with Gasteiger partial charge in [-0.05, 0) is 26.0 Å². The van der Waals surface area contributed by atoms with Gasteiger partial charge in [-0.3, -0.25) is 4.79 Å². The summed E-state index contributed by atoms with van der Waals surface area (Å²) in [6, 6.07) is 7.23. The number of carbonyl (C=O) groups excluding carboxylic acids is 1. The number of hydrogen-bond acceptors (Lipinski definition) is 4. The van der Waals surface area contributed by atoms with E-state index in [0.717, 1.165) is 11.3 Å². The minimum Gasteiger partial charge on any atom is -0.495 e. The summed E-state index contributed by atoms with van der Waals surface area (Å²) in [5.41, 5.74) is 2.55. The number of aryl methyl sites for hydroxylation is 1. The van der Waals surface area contributed by atoms with Crippen molar-refractivity contribution in [1.29, 1.82) is 0 Å². The molecule has 2 rings (SSSR count). The van der Waals surface area contributed by atoms with Crippen LogP contribution in [0.25, 0.3) is 0 Å². The molecule has 5 heteroatoms. The molecule has 1 aromatic heterocycles. The van der Waals surface area contributed by atoms with Crippen molar-refractivity contribution in [3.8, 4) is 5.75 Å². The van der Waals surface area contributed by atoms with Crippen LogP contribution in [0.5, 0.6) is 5.75 Å². The fraction of sp³-hybridized carbons (Fsp3) is 0.214. The number of nitrogens with zero attached hydrogens (tertiary/aromatic N) is 2. The first-order chi connectivity index (χ1) is 9.13. The van der Waals surface area contributed by atoms with Crippen LogP contribution in [0.15, 0.2) is 30.6 Å². The van der Waals surface area contributed by atoms with Gasteiger partial charge in [0.2, 0.25) is 0 Å². The zero-order valence-corrected chi connectivity index (χ0v) is 11.1. The van der Waals surface area contributed by atoms with E-state index in [1.165, 1.54) is 6.33 Å². The predicted octanol–water partition coefficient (Wildman–Crippen LogP) is 2.35. The summed E-state index contributed by atoms with van der Waals surface area (Å²) < 4.78 is 5.19. The molecule has 0 aliphatic heterocycles. The fourth-order valence-electron chi connectivity index (χ4n) is 1.70. The lowest BCUT2D eigenvalue weighted by atomic mass is 10.2. The molecule has 0 fully saturated rings. The van der Waals surface area contributed by atoms with Crippen LogP contribution in [-0.4, -0.2) is 23.0 Å². The molecule has 5 nitrogen and oxygen atoms in total. The Morgan fingerprint density at radius 3 is 2.68 bits per heavy atom. The number of para-hydroxylation sites is 2. The van der Waals surface area contributed by atoms with E-state index >= 15 is 0 Å². The lowest BCUT2D eigenvalue weighted by Crippen LogP contribution is -2.16. The second kappa shape index (κ2) is 5.48. The Morgan fingerprint density at radius 2 is 1.95 bits per heavy atom. The van der Waals surface area contributed by atoms with E-state index in [0.29, 0.717) is 17.1 Å². The Morgan fingerprint density at radius 1 is 1.21 bits per heavy atom. The van der Waals surface area contributed by atoms with Crippen molar-refractivity contribution in [2.24, 2.45) is 0 Å². The number of hydrogen-bond donors (Lipinski definition) is 1. The third-order valence-corrected chi connectivity index (χ3v) is 2.91. The Bertz CT molecular complexity index is 611. The van der Waals surface area contributed by atoms with Crippen molar-refractivity contribution in [3.63, 3.8) is 0 Å². The van der Waals surface area contributed by atoms with E-state index in [9.17, 15) is 4.79 Å². The van der Waals surface area contributed by atoms with Gasteiger partial charge in [-0.2, -0.15) is 0 Å². The average Bonchev–Trinajstić information content (AvgIpc) is 2.42. The first kappa shape index (κ1) is 13.0. The van der Waals surface area contributed by atoms with Gasteiger partial charge in [-0.1, -0.05) is 12.1 Å². The Kier molecular flexibility index (Phi) is 3.75. The first-order valence-corrected chi connectivity index (χ1v) is 5.86. The zero-order chi connectivity index (χ0) is 13.8. The van der Waals surface area contributed by atoms with Crippen LogP contribution in [0.3, 0.4) is 0 Å². The zero-order valence-electron chi connectivity index (χ0n) is 11.1. The number of amides is 1. The molecule has 0 radical (unpaired) electrons. The maximum Gasteiger partial charge on any atom is 0.274 e. The number of ether oxygens (including phenoxy) is 1. The van der Waals surface area contributed by atoms with Gasteiger partial charge in [0.25, 0.3) is 5.91 Å². The van der Waals surface area contributed by atoms with Crippen molar-refractivity contribution in [3.05, 3.63) is 47.5 Å². The lowest BCUT2D eigenvalue weighted by Gasteiger charge is -2.10. The summed E-state index contributed by atoms with van der Waals surface area (Å²) in [6.45, 7) is 3.67. The number of rotatable bonds is 3. The molecule has 0 bridgehead atoms. The molecule has 0 unspecified atom stereocenters. The van der Waals surface area contributed by atoms with Crippen molar-refractivity contribution in [1.82, 2.24) is 9.97 Å². The summed E-state index contributed by atoms with van der Waals surface area (Å²) in [4.78, 5) is 20.3. The lowest BCUT2D eigenvalue weighted by molar-refractivity contribution is 0.102. The number of benzene rings is 1. The second-order valence-corrected chi connectivity index (χ2v) is 4.09. The SMILES string of the molecule is COc1ccccc1NC(=O)c1ncnc(C)c1C. The molecule has 1 heterocycles. The highest BCUT2D eigenvalue weighted by molar-refractivity contribution is 6.04. The van der Waals surface area contributed by atoms with E-state index < -0.39 is 0 Å². The monoisotopic (exact) mass is 257 g/mol. The molecular formula is C14H15N3O2. The minimum absolute atomic E-state index is 0.271. The largest absolute Gasteiger partial charge is 0.495 e. The summed E-state index contributed by atoms with van der Waals surface area (Å²) in [7, 11) is 1.56. The van der Waals surface area contributed by atoms with Crippen molar-refractivity contribution in [2.45, 2.75) is 13.8 Å². The van der Waals surface area contributed by atoms with Gasteiger partial charge in [-0.25, -0.2) is 9.97 Å². The summed E-state index contributed by atoms with van der Waals surface area (Å²) in [5, 5.41) is 2.79. The predicted molar refractivity (Wildman–Crippen MR) is 72.5 cm³/mol. The molecule has 0 saturated carbocycles. The van der Waals surface area contributed by atoms with E-state index in [4.69, 9.17) is 4.74 Å². The van der Waals surface area contributed by atoms with Gasteiger partial charge in [-0.15, -0.1) is 0 Å². The van der Waals surface area contributed by atoms with Gasteiger partial charge in [0.05, 0.1) is 12.8 Å². The van der Waals surface area contributed by atoms with Crippen LogP contribution >= 0.6 is 0 Å². The topological polar surface area (TPSA) is 64.1 Å². The highest BCUT2D eigenvalue weighted by Crippen LogP contribution is 2.23. The third-order valence-electron chi connectivity index (χ3n) is 2.91. The number of aromatic nitrogens is 2. The number of anilines is 1. The van der Waals surface area contributed by atoms with Crippen LogP contribution in [0.4, 0.5) is 5.69 Å². The number of carbonyl (C=O) groups is 1. The van der Waals surface area contributed by atoms with Crippen molar-refractivity contribution < 1.29 is 9.53 Å². The van der Waals surface area contributed by atoms with Crippen LogP contribution in [0.2, 0.25) is 0 Å². The van der Waals surface area contributed by atoms with Gasteiger partial charge in [0, 0.05) is 11.3 Å². The molecular weight excluding hydrogens is 242 g/mol. The molecule has 2 aromatic rings. The molecule has 1 N–H and O–H groups in total. The maximum atomic E-state index is 12.2. The third kappa shape index (κ3) is 2.70. The average molecular weight is 257 g/mol. The Hall–Kier alpha value is -2.43. The summed E-state index contributed by atoms with van der Waals surface area (Å²) >= 11 is 0. The number of methoxy groups -OCH3 is 1. The normalized spacial score (nSPS) is 10.1. The maximum absolute atomic E-state index is 12.2. The highest BCUT2D eigenvalue weighted by Gasteiger charge is 2.14.